The van der Waals surface area contributed by atoms with Crippen LogP contribution in [0.25, 0.3) is 0 Å². The highest BCUT2D eigenvalue weighted by atomic mass is 16.7. The fourth-order valence-corrected chi connectivity index (χ4v) is 0.772. The molecule has 3 nitrogen and oxygen atoms in total. The zero-order valence-electron chi connectivity index (χ0n) is 9.92. The first kappa shape index (κ1) is 13.4. The molecule has 0 spiro atoms. The lowest BCUT2D eigenvalue weighted by molar-refractivity contribution is -0.184. The van der Waals surface area contributed by atoms with Gasteiger partial charge in [0.2, 0.25) is 0 Å². The third-order valence-corrected chi connectivity index (χ3v) is 2.27. The van der Waals surface area contributed by atoms with E-state index in [0.29, 0.717) is 6.61 Å². The third kappa shape index (κ3) is 4.61. The van der Waals surface area contributed by atoms with Gasteiger partial charge in [-0.1, -0.05) is 13.8 Å². The molecule has 0 amide bonds. The summed E-state index contributed by atoms with van der Waals surface area (Å²) < 4.78 is 10.4. The molecule has 14 heavy (non-hydrogen) atoms. The Morgan fingerprint density at radius 1 is 1.36 bits per heavy atom. The van der Waals surface area contributed by atoms with Crippen molar-refractivity contribution in [3.8, 4) is 0 Å². The van der Waals surface area contributed by atoms with Crippen molar-refractivity contribution in [3.05, 3.63) is 0 Å². The molecule has 1 unspecified atom stereocenters. The average Bonchev–Trinajstić information content (AvgIpc) is 2.14. The monoisotopic (exact) mass is 202 g/mol. The van der Waals surface area contributed by atoms with Crippen molar-refractivity contribution in [3.63, 3.8) is 0 Å². The summed E-state index contributed by atoms with van der Waals surface area (Å²) in [5, 5.41) is 0. The third-order valence-electron chi connectivity index (χ3n) is 2.27. The number of hydrogen-bond acceptors (Lipinski definition) is 3. The predicted octanol–water partition coefficient (Wildman–Crippen LogP) is 2.74. The van der Waals surface area contributed by atoms with Crippen molar-refractivity contribution in [1.82, 2.24) is 0 Å². The molecular weight excluding hydrogens is 180 g/mol. The highest BCUT2D eigenvalue weighted by Crippen LogP contribution is 2.22. The molecule has 84 valence electrons. The Bertz CT molecular complexity index is 175. The summed E-state index contributed by atoms with van der Waals surface area (Å²) >= 11 is 0. The summed E-state index contributed by atoms with van der Waals surface area (Å²) in [4.78, 5) is 11.6. The predicted molar refractivity (Wildman–Crippen MR) is 55.9 cm³/mol. The normalized spacial score (nSPS) is 13.8. The molecule has 0 heterocycles. The zero-order chi connectivity index (χ0) is 11.2. The van der Waals surface area contributed by atoms with Gasteiger partial charge in [-0.3, -0.25) is 4.79 Å². The van der Waals surface area contributed by atoms with Crippen LogP contribution < -0.4 is 0 Å². The second-order valence-corrected chi connectivity index (χ2v) is 4.08. The minimum atomic E-state index is -0.437. The van der Waals surface area contributed by atoms with Gasteiger partial charge in [-0.05, 0) is 33.6 Å². The summed E-state index contributed by atoms with van der Waals surface area (Å²) in [6.07, 6.45) is 1.26. The van der Waals surface area contributed by atoms with Crippen molar-refractivity contribution >= 4 is 5.97 Å². The summed E-state index contributed by atoms with van der Waals surface area (Å²) in [5.41, 5.74) is -0.413. The highest BCUT2D eigenvalue weighted by molar-refractivity contribution is 5.75. The largest absolute Gasteiger partial charge is 0.436 e. The van der Waals surface area contributed by atoms with E-state index in [1.807, 2.05) is 27.7 Å². The first-order valence-corrected chi connectivity index (χ1v) is 5.26. The van der Waals surface area contributed by atoms with E-state index in [1.165, 1.54) is 0 Å². The van der Waals surface area contributed by atoms with Gasteiger partial charge in [0.15, 0.2) is 6.29 Å². The van der Waals surface area contributed by atoms with E-state index in [4.69, 9.17) is 9.47 Å². The molecule has 1 atom stereocenters. The van der Waals surface area contributed by atoms with E-state index in [2.05, 4.69) is 0 Å². The molecule has 0 aromatic rings. The standard InChI is InChI=1S/C11H22O3/c1-6-8-13-9(3)14-10(12)11(4,5)7-2/h9H,6-8H2,1-5H3. The zero-order valence-corrected chi connectivity index (χ0v) is 9.92. The van der Waals surface area contributed by atoms with Crippen LogP contribution in [0, 0.1) is 5.41 Å². The number of esters is 1. The lowest BCUT2D eigenvalue weighted by Gasteiger charge is -2.23. The van der Waals surface area contributed by atoms with Gasteiger partial charge in [-0.25, -0.2) is 0 Å². The maximum Gasteiger partial charge on any atom is 0.313 e. The topological polar surface area (TPSA) is 35.5 Å². The Balaban J connectivity index is 3.93. The van der Waals surface area contributed by atoms with E-state index in [-0.39, 0.29) is 5.97 Å². The molecule has 0 aliphatic carbocycles. The maximum atomic E-state index is 11.6. The van der Waals surface area contributed by atoms with Crippen LogP contribution in [-0.4, -0.2) is 18.9 Å². The highest BCUT2D eigenvalue weighted by Gasteiger charge is 2.28. The molecule has 0 aromatic heterocycles. The Labute approximate surface area is 86.8 Å². The summed E-state index contributed by atoms with van der Waals surface area (Å²) in [5.74, 6) is -0.191. The molecule has 0 aliphatic heterocycles. The smallest absolute Gasteiger partial charge is 0.313 e. The lowest BCUT2D eigenvalue weighted by Crippen LogP contribution is -2.30. The van der Waals surface area contributed by atoms with Gasteiger partial charge in [0, 0.05) is 0 Å². The number of rotatable bonds is 6. The molecule has 0 saturated heterocycles. The van der Waals surface area contributed by atoms with E-state index < -0.39 is 11.7 Å². The van der Waals surface area contributed by atoms with Gasteiger partial charge < -0.3 is 9.47 Å². The van der Waals surface area contributed by atoms with Crippen LogP contribution in [0.2, 0.25) is 0 Å². The second kappa shape index (κ2) is 6.02. The molecule has 0 aliphatic rings. The molecule has 0 aromatic carbocycles. The van der Waals surface area contributed by atoms with Crippen LogP contribution >= 0.6 is 0 Å². The Morgan fingerprint density at radius 3 is 2.36 bits per heavy atom. The average molecular weight is 202 g/mol. The SMILES string of the molecule is CCCOC(C)OC(=O)C(C)(C)CC. The molecule has 0 rings (SSSR count). The number of ether oxygens (including phenoxy) is 2. The molecule has 0 saturated carbocycles. The first-order chi connectivity index (χ1) is 6.44. The van der Waals surface area contributed by atoms with Crippen molar-refractivity contribution in [1.29, 1.82) is 0 Å². The van der Waals surface area contributed by atoms with Gasteiger partial charge >= 0.3 is 5.97 Å². The maximum absolute atomic E-state index is 11.6. The molecule has 3 heteroatoms. The minimum absolute atomic E-state index is 0.191. The van der Waals surface area contributed by atoms with Crippen molar-refractivity contribution < 1.29 is 14.3 Å². The van der Waals surface area contributed by atoms with Crippen molar-refractivity contribution in [2.75, 3.05) is 6.61 Å². The van der Waals surface area contributed by atoms with Crippen LogP contribution in [0.4, 0.5) is 0 Å². The van der Waals surface area contributed by atoms with Crippen LogP contribution in [0.5, 0.6) is 0 Å². The molecule has 0 fully saturated rings. The van der Waals surface area contributed by atoms with Gasteiger partial charge in [-0.15, -0.1) is 0 Å². The summed E-state index contributed by atoms with van der Waals surface area (Å²) in [6.45, 7) is 10.1. The second-order valence-electron chi connectivity index (χ2n) is 4.08. The van der Waals surface area contributed by atoms with Gasteiger partial charge in [0.1, 0.15) is 0 Å². The van der Waals surface area contributed by atoms with E-state index in [0.717, 1.165) is 12.8 Å². The molecular formula is C11H22O3. The number of hydrogen-bond donors (Lipinski definition) is 0. The Kier molecular flexibility index (Phi) is 5.77. The fraction of sp³-hybridized carbons (Fsp3) is 0.909. The van der Waals surface area contributed by atoms with Crippen molar-refractivity contribution in [2.24, 2.45) is 5.41 Å². The van der Waals surface area contributed by atoms with E-state index >= 15 is 0 Å². The lowest BCUT2D eigenvalue weighted by atomic mass is 9.91. The Morgan fingerprint density at radius 2 is 1.93 bits per heavy atom. The van der Waals surface area contributed by atoms with E-state index in [1.54, 1.807) is 6.92 Å². The molecule has 0 N–H and O–H groups in total. The minimum Gasteiger partial charge on any atom is -0.436 e. The number of carbonyl (C=O) groups excluding carboxylic acids is 1. The van der Waals surface area contributed by atoms with Gasteiger partial charge in [0.05, 0.1) is 12.0 Å². The van der Waals surface area contributed by atoms with Crippen LogP contribution in [-0.2, 0) is 14.3 Å². The van der Waals surface area contributed by atoms with Crippen LogP contribution in [0.3, 0.4) is 0 Å². The molecule has 0 radical (unpaired) electrons. The number of carbonyl (C=O) groups is 1. The van der Waals surface area contributed by atoms with Gasteiger partial charge in [-0.2, -0.15) is 0 Å². The van der Waals surface area contributed by atoms with Crippen LogP contribution in [0.1, 0.15) is 47.5 Å². The van der Waals surface area contributed by atoms with Crippen molar-refractivity contribution in [2.45, 2.75) is 53.8 Å². The quantitative estimate of drug-likeness (QED) is 0.490. The summed E-state index contributed by atoms with van der Waals surface area (Å²) in [6, 6.07) is 0. The fourth-order valence-electron chi connectivity index (χ4n) is 0.772. The van der Waals surface area contributed by atoms with Crippen LogP contribution in [0.15, 0.2) is 0 Å². The summed E-state index contributed by atoms with van der Waals surface area (Å²) in [7, 11) is 0. The van der Waals surface area contributed by atoms with Gasteiger partial charge in [0.25, 0.3) is 0 Å². The van der Waals surface area contributed by atoms with E-state index in [9.17, 15) is 4.79 Å². The first-order valence-electron chi connectivity index (χ1n) is 5.26. The molecule has 0 bridgehead atoms. The Hall–Kier alpha value is -0.570.